The van der Waals surface area contributed by atoms with Gasteiger partial charge in [0, 0.05) is 14.5 Å². The second-order valence-corrected chi connectivity index (χ2v) is 9.96. The summed E-state index contributed by atoms with van der Waals surface area (Å²) in [5, 5.41) is -0.329. The normalized spacial score (nSPS) is 11.5. The molecule has 0 unspecified atom stereocenters. The number of alkyl halides is 2. The fourth-order valence-corrected chi connectivity index (χ4v) is 4.64. The summed E-state index contributed by atoms with van der Waals surface area (Å²) in [5.41, 5.74) is -1.62. The lowest BCUT2D eigenvalue weighted by atomic mass is 9.98. The maximum absolute atomic E-state index is 15.0. The summed E-state index contributed by atoms with van der Waals surface area (Å²) in [4.78, 5) is 0. The first kappa shape index (κ1) is 27.5. The molecule has 40 heavy (non-hydrogen) atoms. The maximum atomic E-state index is 15.0. The number of hydrogen-bond acceptors (Lipinski definition) is 1. The number of ether oxygens (including phenoxy) is 1. The van der Waals surface area contributed by atoms with Crippen molar-refractivity contribution in [1.82, 2.24) is 0 Å². The molecule has 0 N–H and O–H groups in total. The van der Waals surface area contributed by atoms with E-state index in [2.05, 4.69) is 27.3 Å². The van der Waals surface area contributed by atoms with Gasteiger partial charge in [0.1, 0.15) is 40.4 Å². The van der Waals surface area contributed by atoms with Gasteiger partial charge in [0.05, 0.1) is 5.56 Å². The van der Waals surface area contributed by atoms with Crippen molar-refractivity contribution in [3.05, 3.63) is 123 Å². The van der Waals surface area contributed by atoms with Crippen LogP contribution in [0.25, 0.3) is 33.0 Å². The van der Waals surface area contributed by atoms with Gasteiger partial charge in [0.15, 0.2) is 0 Å². The molecule has 0 saturated heterocycles. The zero-order valence-electron chi connectivity index (χ0n) is 20.0. The molecule has 0 radical (unpaired) electrons. The quantitative estimate of drug-likeness (QED) is 0.104. The van der Waals surface area contributed by atoms with Crippen LogP contribution in [0.1, 0.15) is 11.1 Å². The van der Waals surface area contributed by atoms with Crippen molar-refractivity contribution in [1.29, 1.82) is 0 Å². The Labute approximate surface area is 237 Å². The number of halogens is 8. The monoisotopic (exact) mass is 662 g/mol. The average molecular weight is 662 g/mol. The van der Waals surface area contributed by atoms with E-state index in [4.69, 9.17) is 6.42 Å². The minimum absolute atomic E-state index is 0.164. The highest BCUT2D eigenvalue weighted by Gasteiger charge is 2.41. The molecule has 0 aromatic heterocycles. The van der Waals surface area contributed by atoms with Gasteiger partial charge in [-0.15, -0.1) is 6.42 Å². The fraction of sp³-hybridized carbons (Fsp3) is 0.0323. The molecule has 0 aliphatic rings. The Morgan fingerprint density at radius 3 is 1.93 bits per heavy atom. The van der Waals surface area contributed by atoms with E-state index in [0.717, 1.165) is 27.8 Å². The van der Waals surface area contributed by atoms with E-state index >= 15 is 0 Å². The number of benzene rings is 5. The first-order valence-corrected chi connectivity index (χ1v) is 12.6. The van der Waals surface area contributed by atoms with Crippen LogP contribution in [0.4, 0.5) is 30.7 Å². The molecule has 0 spiro atoms. The molecule has 5 aromatic carbocycles. The van der Waals surface area contributed by atoms with E-state index in [1.54, 1.807) is 18.2 Å². The first-order chi connectivity index (χ1) is 19.0. The van der Waals surface area contributed by atoms with Crippen LogP contribution in [-0.2, 0) is 6.11 Å². The van der Waals surface area contributed by atoms with E-state index in [9.17, 15) is 30.7 Å². The SMILES string of the molecule is C#Cc1c(F)cc2cc(OC(F)(F)c3c(F)cc(-c4ccc(-c5ccc(I)cc5)cc4F)cc3F)ccc2c1F. The minimum Gasteiger partial charge on any atom is -0.429 e. The number of fused-ring (bicyclic) bond motifs is 1. The number of hydrogen-bond donors (Lipinski definition) is 0. The molecule has 0 atom stereocenters. The zero-order chi connectivity index (χ0) is 28.8. The highest BCUT2D eigenvalue weighted by molar-refractivity contribution is 14.1. The Morgan fingerprint density at radius 1 is 0.675 bits per heavy atom. The Balaban J connectivity index is 1.46. The first-order valence-electron chi connectivity index (χ1n) is 11.5. The molecule has 9 heteroatoms. The van der Waals surface area contributed by atoms with E-state index < -0.39 is 52.1 Å². The van der Waals surface area contributed by atoms with Crippen molar-refractivity contribution in [3.8, 4) is 40.3 Å². The van der Waals surface area contributed by atoms with Crippen molar-refractivity contribution in [2.24, 2.45) is 0 Å². The molecule has 0 saturated carbocycles. The highest BCUT2D eigenvalue weighted by Crippen LogP contribution is 2.39. The van der Waals surface area contributed by atoms with Gasteiger partial charge in [-0.2, -0.15) is 8.78 Å². The molecule has 0 aliphatic heterocycles. The molecular weight excluding hydrogens is 648 g/mol. The third-order valence-electron chi connectivity index (χ3n) is 6.18. The van der Waals surface area contributed by atoms with E-state index in [1.807, 2.05) is 18.1 Å². The second kappa shape index (κ2) is 10.5. The minimum atomic E-state index is -4.54. The van der Waals surface area contributed by atoms with E-state index in [1.165, 1.54) is 12.1 Å². The predicted molar refractivity (Wildman–Crippen MR) is 146 cm³/mol. The number of rotatable bonds is 5. The summed E-state index contributed by atoms with van der Waals surface area (Å²) in [6.45, 7) is 0. The van der Waals surface area contributed by atoms with Crippen molar-refractivity contribution in [2.75, 3.05) is 0 Å². The average Bonchev–Trinajstić information content (AvgIpc) is 2.88. The summed E-state index contributed by atoms with van der Waals surface area (Å²) in [5.74, 6) is -5.09. The van der Waals surface area contributed by atoms with Crippen molar-refractivity contribution < 1.29 is 35.5 Å². The van der Waals surface area contributed by atoms with E-state index in [0.29, 0.717) is 23.3 Å². The third-order valence-corrected chi connectivity index (χ3v) is 6.90. The Bertz CT molecular complexity index is 1800. The van der Waals surface area contributed by atoms with Gasteiger partial charge in [0.25, 0.3) is 0 Å². The van der Waals surface area contributed by atoms with Crippen molar-refractivity contribution in [3.63, 3.8) is 0 Å². The second-order valence-electron chi connectivity index (χ2n) is 8.71. The number of terminal acetylenes is 1. The molecule has 5 rings (SSSR count). The van der Waals surface area contributed by atoms with Gasteiger partial charge in [-0.25, -0.2) is 22.0 Å². The Kier molecular flexibility index (Phi) is 7.23. The van der Waals surface area contributed by atoms with Crippen LogP contribution in [0.15, 0.2) is 78.9 Å². The molecule has 5 aromatic rings. The van der Waals surface area contributed by atoms with E-state index in [-0.39, 0.29) is 21.9 Å². The van der Waals surface area contributed by atoms with Crippen LogP contribution in [0, 0.1) is 45.0 Å². The van der Waals surface area contributed by atoms with Crippen molar-refractivity contribution >= 4 is 33.4 Å². The predicted octanol–water partition coefficient (Wildman–Crippen LogP) is 9.58. The Hall–Kier alpha value is -4.04. The summed E-state index contributed by atoms with van der Waals surface area (Å²) < 4.78 is 109. The highest BCUT2D eigenvalue weighted by atomic mass is 127. The largest absolute Gasteiger partial charge is 0.432 e. The molecule has 200 valence electrons. The van der Waals surface area contributed by atoms with Gasteiger partial charge in [-0.05, 0) is 99.3 Å². The standard InChI is InChI=1S/C31H14F7IO/c1-2-22-25(32)13-18-11-21(8-10-24(18)30(22)36)40-31(37,38)29-27(34)14-19(15-28(29)35)23-9-5-17(12-26(23)33)16-3-6-20(39)7-4-16/h1,3-15H. The maximum Gasteiger partial charge on any atom is 0.432 e. The molecule has 0 amide bonds. The van der Waals surface area contributed by atoms with Crippen LogP contribution < -0.4 is 4.74 Å². The lowest BCUT2D eigenvalue weighted by molar-refractivity contribution is -0.189. The summed E-state index contributed by atoms with van der Waals surface area (Å²) in [6, 6.07) is 16.0. The van der Waals surface area contributed by atoms with Crippen LogP contribution in [-0.4, -0.2) is 0 Å². The van der Waals surface area contributed by atoms with Crippen LogP contribution in [0.2, 0.25) is 0 Å². The van der Waals surface area contributed by atoms with Gasteiger partial charge >= 0.3 is 6.11 Å². The van der Waals surface area contributed by atoms with Crippen LogP contribution >= 0.6 is 22.6 Å². The van der Waals surface area contributed by atoms with Gasteiger partial charge in [0.2, 0.25) is 0 Å². The molecule has 1 nitrogen and oxygen atoms in total. The Morgan fingerprint density at radius 2 is 1.30 bits per heavy atom. The lowest BCUT2D eigenvalue weighted by Crippen LogP contribution is -2.25. The lowest BCUT2D eigenvalue weighted by Gasteiger charge is -2.20. The summed E-state index contributed by atoms with van der Waals surface area (Å²) in [6.07, 6.45) is 0.555. The van der Waals surface area contributed by atoms with Crippen LogP contribution in [0.5, 0.6) is 5.75 Å². The topological polar surface area (TPSA) is 9.23 Å². The molecule has 0 aliphatic carbocycles. The molecule has 0 bridgehead atoms. The molecule has 0 heterocycles. The third kappa shape index (κ3) is 5.11. The summed E-state index contributed by atoms with van der Waals surface area (Å²) in [7, 11) is 0. The molecular formula is C31H14F7IO. The van der Waals surface area contributed by atoms with Gasteiger partial charge < -0.3 is 4.74 Å². The van der Waals surface area contributed by atoms with Gasteiger partial charge in [-0.1, -0.05) is 30.2 Å². The zero-order valence-corrected chi connectivity index (χ0v) is 22.2. The smallest absolute Gasteiger partial charge is 0.429 e. The van der Waals surface area contributed by atoms with Crippen LogP contribution in [0.3, 0.4) is 0 Å². The fourth-order valence-electron chi connectivity index (χ4n) is 4.28. The molecule has 0 fully saturated rings. The van der Waals surface area contributed by atoms with Crippen molar-refractivity contribution in [2.45, 2.75) is 6.11 Å². The van der Waals surface area contributed by atoms with Gasteiger partial charge in [-0.3, -0.25) is 0 Å². The summed E-state index contributed by atoms with van der Waals surface area (Å²) >= 11 is 2.12.